The Bertz CT molecular complexity index is 1130. The number of hydrogen-bond donors (Lipinski definition) is 2. The Hall–Kier alpha value is -3.82. The molecule has 1 aliphatic heterocycles. The van der Waals surface area contributed by atoms with Crippen molar-refractivity contribution in [3.8, 4) is 5.75 Å². The fourth-order valence-electron chi connectivity index (χ4n) is 3.01. The number of benzene rings is 2. The molecular weight excluding hydrogens is 401 g/mol. The van der Waals surface area contributed by atoms with E-state index in [-0.39, 0.29) is 23.9 Å². The number of ether oxygens (including phenoxy) is 1. The average Bonchev–Trinajstić information content (AvgIpc) is 3.09. The van der Waals surface area contributed by atoms with Gasteiger partial charge in [0, 0.05) is 24.8 Å². The van der Waals surface area contributed by atoms with Crippen LogP contribution < -0.4 is 15.4 Å². The van der Waals surface area contributed by atoms with Crippen LogP contribution in [-0.4, -0.2) is 34.4 Å². The van der Waals surface area contributed by atoms with Crippen molar-refractivity contribution in [1.29, 1.82) is 0 Å². The van der Waals surface area contributed by atoms with E-state index in [4.69, 9.17) is 4.74 Å². The molecule has 1 aliphatic rings. The third-order valence-corrected chi connectivity index (χ3v) is 4.43. The van der Waals surface area contributed by atoms with Crippen LogP contribution in [0.2, 0.25) is 0 Å². The Balaban J connectivity index is 1.43. The molecule has 2 amide bonds. The van der Waals surface area contributed by atoms with Gasteiger partial charge in [-0.05, 0) is 23.3 Å². The second-order valence-electron chi connectivity index (χ2n) is 6.66. The lowest BCUT2D eigenvalue weighted by atomic mass is 10.1. The average molecular weight is 416 g/mol. The van der Waals surface area contributed by atoms with Gasteiger partial charge in [-0.3, -0.25) is 4.79 Å². The van der Waals surface area contributed by atoms with Gasteiger partial charge in [-0.25, -0.2) is 18.0 Å². The summed E-state index contributed by atoms with van der Waals surface area (Å²) in [4.78, 5) is 24.8. The summed E-state index contributed by atoms with van der Waals surface area (Å²) in [5, 5.41) is 8.65. The van der Waals surface area contributed by atoms with Gasteiger partial charge in [0.1, 0.15) is 35.7 Å². The van der Waals surface area contributed by atoms with E-state index in [1.807, 2.05) is 0 Å². The third kappa shape index (κ3) is 4.12. The molecule has 1 unspecified atom stereocenters. The fraction of sp³-hybridized carbons (Fsp3) is 0.150. The van der Waals surface area contributed by atoms with Crippen LogP contribution in [0.3, 0.4) is 0 Å². The largest absolute Gasteiger partial charge is 0.488 e. The molecule has 0 saturated carbocycles. The minimum Gasteiger partial charge on any atom is -0.488 e. The normalized spacial score (nSPS) is 15.6. The molecule has 0 radical (unpaired) electrons. The summed E-state index contributed by atoms with van der Waals surface area (Å²) >= 11 is 0. The monoisotopic (exact) mass is 416 g/mol. The summed E-state index contributed by atoms with van der Waals surface area (Å²) in [6.07, 6.45) is 3.25. The standard InChI is InChI=1S/C20H15F3N4O3/c21-13-3-1-2-11(5-13)4-12-8-24-27(9-12)20(29)25-16-10-30-17-7-14(22)6-15(23)18(17)26-19(16)28/h1-3,5-9,16H,4,10H2,(H,25,29)(H,26,28). The van der Waals surface area contributed by atoms with Gasteiger partial charge in [0.2, 0.25) is 0 Å². The summed E-state index contributed by atoms with van der Waals surface area (Å²) in [6.45, 7) is -0.328. The summed E-state index contributed by atoms with van der Waals surface area (Å²) in [5.74, 6) is -3.10. The number of rotatable bonds is 3. The Morgan fingerprint density at radius 1 is 1.20 bits per heavy atom. The zero-order valence-electron chi connectivity index (χ0n) is 15.4. The predicted octanol–water partition coefficient (Wildman–Crippen LogP) is 2.85. The van der Waals surface area contributed by atoms with Crippen molar-refractivity contribution < 1.29 is 27.5 Å². The second-order valence-corrected chi connectivity index (χ2v) is 6.66. The first kappa shape index (κ1) is 19.5. The van der Waals surface area contributed by atoms with Crippen LogP contribution in [0.15, 0.2) is 48.8 Å². The maximum atomic E-state index is 13.9. The van der Waals surface area contributed by atoms with Crippen molar-refractivity contribution >= 4 is 17.6 Å². The van der Waals surface area contributed by atoms with Gasteiger partial charge in [-0.2, -0.15) is 9.78 Å². The van der Waals surface area contributed by atoms with E-state index >= 15 is 0 Å². The van der Waals surface area contributed by atoms with E-state index in [1.165, 1.54) is 24.5 Å². The van der Waals surface area contributed by atoms with Crippen LogP contribution in [-0.2, 0) is 11.2 Å². The van der Waals surface area contributed by atoms with Gasteiger partial charge in [-0.1, -0.05) is 12.1 Å². The molecule has 0 aliphatic carbocycles. The molecule has 1 aromatic heterocycles. The van der Waals surface area contributed by atoms with Crippen molar-refractivity contribution in [3.63, 3.8) is 0 Å². The lowest BCUT2D eigenvalue weighted by Gasteiger charge is -2.14. The number of hydrogen-bond acceptors (Lipinski definition) is 4. The highest BCUT2D eigenvalue weighted by molar-refractivity contribution is 5.99. The molecule has 0 fully saturated rings. The number of carbonyl (C=O) groups excluding carboxylic acids is 2. The Morgan fingerprint density at radius 3 is 2.83 bits per heavy atom. The molecule has 154 valence electrons. The number of carbonyl (C=O) groups is 2. The number of fused-ring (bicyclic) bond motifs is 1. The van der Waals surface area contributed by atoms with E-state index in [1.54, 1.807) is 12.1 Å². The van der Waals surface area contributed by atoms with Crippen molar-refractivity contribution in [3.05, 3.63) is 77.4 Å². The van der Waals surface area contributed by atoms with Gasteiger partial charge < -0.3 is 15.4 Å². The van der Waals surface area contributed by atoms with Gasteiger partial charge in [0.05, 0.1) is 6.20 Å². The minimum atomic E-state index is -1.16. The molecular formula is C20H15F3N4O3. The topological polar surface area (TPSA) is 85.3 Å². The van der Waals surface area contributed by atoms with E-state index < -0.39 is 29.6 Å². The van der Waals surface area contributed by atoms with Crippen LogP contribution >= 0.6 is 0 Å². The quantitative estimate of drug-likeness (QED) is 0.688. The van der Waals surface area contributed by atoms with Crippen LogP contribution in [0, 0.1) is 17.5 Å². The number of nitrogens with zero attached hydrogens (tertiary/aromatic N) is 2. The van der Waals surface area contributed by atoms with E-state index in [0.29, 0.717) is 23.6 Å². The van der Waals surface area contributed by atoms with E-state index in [0.717, 1.165) is 10.7 Å². The summed E-state index contributed by atoms with van der Waals surface area (Å²) < 4.78 is 46.8. The van der Waals surface area contributed by atoms with Crippen molar-refractivity contribution in [2.45, 2.75) is 12.5 Å². The highest BCUT2D eigenvalue weighted by Gasteiger charge is 2.29. The van der Waals surface area contributed by atoms with Crippen LogP contribution in [0.1, 0.15) is 11.1 Å². The van der Waals surface area contributed by atoms with Gasteiger partial charge in [0.15, 0.2) is 5.82 Å². The molecule has 2 N–H and O–H groups in total. The summed E-state index contributed by atoms with van der Waals surface area (Å²) in [6, 6.07) is 5.71. The zero-order chi connectivity index (χ0) is 21.3. The number of halogens is 3. The molecule has 30 heavy (non-hydrogen) atoms. The van der Waals surface area contributed by atoms with Crippen LogP contribution in [0.25, 0.3) is 0 Å². The third-order valence-electron chi connectivity index (χ3n) is 4.43. The number of anilines is 1. The predicted molar refractivity (Wildman–Crippen MR) is 99.6 cm³/mol. The molecule has 1 atom stereocenters. The van der Waals surface area contributed by atoms with Crippen molar-refractivity contribution in [2.75, 3.05) is 11.9 Å². The van der Waals surface area contributed by atoms with Crippen LogP contribution in [0.5, 0.6) is 5.75 Å². The molecule has 0 spiro atoms. The summed E-state index contributed by atoms with van der Waals surface area (Å²) in [5.41, 5.74) is 1.07. The maximum Gasteiger partial charge on any atom is 0.342 e. The first-order valence-electron chi connectivity index (χ1n) is 8.90. The first-order chi connectivity index (χ1) is 14.4. The number of nitrogens with one attached hydrogen (secondary N) is 2. The highest BCUT2D eigenvalue weighted by Crippen LogP contribution is 2.31. The molecule has 2 aromatic carbocycles. The Kier molecular flexibility index (Phi) is 5.13. The Morgan fingerprint density at radius 2 is 2.03 bits per heavy atom. The molecule has 2 heterocycles. The van der Waals surface area contributed by atoms with Gasteiger partial charge >= 0.3 is 6.03 Å². The lowest BCUT2D eigenvalue weighted by Crippen LogP contribution is -2.48. The second kappa shape index (κ2) is 7.90. The molecule has 0 saturated heterocycles. The van der Waals surface area contributed by atoms with Gasteiger partial charge in [-0.15, -0.1) is 0 Å². The van der Waals surface area contributed by atoms with Crippen molar-refractivity contribution in [1.82, 2.24) is 15.1 Å². The molecule has 10 heteroatoms. The highest BCUT2D eigenvalue weighted by atomic mass is 19.1. The molecule has 7 nitrogen and oxygen atoms in total. The van der Waals surface area contributed by atoms with E-state index in [2.05, 4.69) is 15.7 Å². The SMILES string of the molecule is O=C1Nc2c(F)cc(F)cc2OCC1NC(=O)n1cc(Cc2cccc(F)c2)cn1. The molecule has 3 aromatic rings. The summed E-state index contributed by atoms with van der Waals surface area (Å²) in [7, 11) is 0. The lowest BCUT2D eigenvalue weighted by molar-refractivity contribution is -0.118. The maximum absolute atomic E-state index is 13.9. The molecule has 0 bridgehead atoms. The number of amides is 2. The van der Waals surface area contributed by atoms with E-state index in [9.17, 15) is 22.8 Å². The zero-order valence-corrected chi connectivity index (χ0v) is 15.4. The number of aromatic nitrogens is 2. The fourth-order valence-corrected chi connectivity index (χ4v) is 3.01. The van der Waals surface area contributed by atoms with Crippen molar-refractivity contribution in [2.24, 2.45) is 0 Å². The first-order valence-corrected chi connectivity index (χ1v) is 8.90. The smallest absolute Gasteiger partial charge is 0.342 e. The minimum absolute atomic E-state index is 0.172. The van der Waals surface area contributed by atoms with Gasteiger partial charge in [0.25, 0.3) is 5.91 Å². The molecule has 4 rings (SSSR count). The Labute approximate surface area is 168 Å². The van der Waals surface area contributed by atoms with Crippen LogP contribution in [0.4, 0.5) is 23.7 Å².